The Bertz CT molecular complexity index is 604. The molecule has 1 aromatic rings. The molecule has 6 heteroatoms. The molecule has 3 rings (SSSR count). The van der Waals surface area contributed by atoms with Crippen molar-refractivity contribution in [1.82, 2.24) is 4.90 Å². The first-order chi connectivity index (χ1) is 10.2. The fourth-order valence-electron chi connectivity index (χ4n) is 3.31. The minimum absolute atomic E-state index is 0.0275. The minimum Gasteiger partial charge on any atom is -0.396 e. The molecule has 1 unspecified atom stereocenters. The summed E-state index contributed by atoms with van der Waals surface area (Å²) in [5, 5.41) is 10.3. The quantitative estimate of drug-likeness (QED) is 0.866. The highest BCUT2D eigenvalue weighted by Gasteiger charge is 2.33. The first kappa shape index (κ1) is 14.4. The lowest BCUT2D eigenvalue weighted by molar-refractivity contribution is 0.0993. The number of nitrogen functional groups attached to an aromatic ring is 1. The highest BCUT2D eigenvalue weighted by molar-refractivity contribution is 7.19. The topological polar surface area (TPSA) is 73.4 Å². The minimum atomic E-state index is 0.0275. The molecule has 2 fully saturated rings. The van der Waals surface area contributed by atoms with E-state index in [0.29, 0.717) is 28.6 Å². The van der Waals surface area contributed by atoms with Gasteiger partial charge in [0.05, 0.1) is 10.6 Å². The highest BCUT2D eigenvalue weighted by Crippen LogP contribution is 2.39. The van der Waals surface area contributed by atoms with Crippen LogP contribution in [-0.2, 0) is 0 Å². The van der Waals surface area contributed by atoms with E-state index in [4.69, 9.17) is 5.73 Å². The van der Waals surface area contributed by atoms with Crippen molar-refractivity contribution in [2.45, 2.75) is 32.2 Å². The van der Waals surface area contributed by atoms with Crippen molar-refractivity contribution >= 4 is 27.8 Å². The summed E-state index contributed by atoms with van der Waals surface area (Å²) in [7, 11) is 0. The van der Waals surface area contributed by atoms with Gasteiger partial charge >= 0.3 is 0 Å². The van der Waals surface area contributed by atoms with Crippen LogP contribution in [0.15, 0.2) is 0 Å². The lowest BCUT2D eigenvalue weighted by atomic mass is 10.1. The van der Waals surface area contributed by atoms with E-state index < -0.39 is 0 Å². The van der Waals surface area contributed by atoms with Gasteiger partial charge in [0.2, 0.25) is 0 Å². The third-order valence-corrected chi connectivity index (χ3v) is 5.79. The molecule has 2 aliphatic rings. The molecule has 5 nitrogen and oxygen atoms in total. The summed E-state index contributed by atoms with van der Waals surface area (Å²) >= 11 is 1.39. The molecule has 0 radical (unpaired) electrons. The van der Waals surface area contributed by atoms with Crippen LogP contribution in [0.2, 0.25) is 0 Å². The van der Waals surface area contributed by atoms with E-state index in [2.05, 4.69) is 15.9 Å². The van der Waals surface area contributed by atoms with E-state index in [0.717, 1.165) is 24.6 Å². The van der Waals surface area contributed by atoms with Gasteiger partial charge in [0.1, 0.15) is 16.6 Å². The number of thiophene rings is 1. The summed E-state index contributed by atoms with van der Waals surface area (Å²) in [6, 6.07) is 2.78. The number of ketones is 1. The van der Waals surface area contributed by atoms with Crippen LogP contribution in [0.4, 0.5) is 10.7 Å². The fraction of sp³-hybridized carbons (Fsp3) is 0.600. The zero-order valence-electron chi connectivity index (χ0n) is 12.3. The third-order valence-electron chi connectivity index (χ3n) is 4.49. The summed E-state index contributed by atoms with van der Waals surface area (Å²) in [6.07, 6.45) is 2.90. The molecule has 3 heterocycles. The Kier molecular flexibility index (Phi) is 3.87. The second kappa shape index (κ2) is 5.66. The Labute approximate surface area is 128 Å². The van der Waals surface area contributed by atoms with Gasteiger partial charge in [0.25, 0.3) is 0 Å². The van der Waals surface area contributed by atoms with Gasteiger partial charge in [-0.1, -0.05) is 6.92 Å². The Hall–Kier alpha value is -1.58. The van der Waals surface area contributed by atoms with Crippen LogP contribution in [-0.4, -0.2) is 42.9 Å². The Morgan fingerprint density at radius 1 is 1.48 bits per heavy atom. The normalized spacial score (nSPS) is 22.1. The number of carbonyl (C=O) groups is 1. The van der Waals surface area contributed by atoms with Crippen molar-refractivity contribution in [3.8, 4) is 6.07 Å². The molecular weight excluding hydrogens is 284 g/mol. The SMILES string of the molecule is CCC(=O)c1sc(N2CCN3CCCC3C2)c(C#N)c1N. The Morgan fingerprint density at radius 3 is 3.00 bits per heavy atom. The summed E-state index contributed by atoms with van der Waals surface area (Å²) in [6.45, 7) is 5.89. The number of rotatable bonds is 3. The Morgan fingerprint density at radius 2 is 2.29 bits per heavy atom. The average Bonchev–Trinajstić information content (AvgIpc) is 3.09. The van der Waals surface area contributed by atoms with Crippen LogP contribution in [0.1, 0.15) is 41.4 Å². The number of Topliss-reactive ketones (excluding diaryl/α,β-unsaturated/α-hetero) is 1. The molecule has 0 aromatic carbocycles. The number of nitriles is 1. The van der Waals surface area contributed by atoms with Crippen LogP contribution < -0.4 is 10.6 Å². The molecule has 2 N–H and O–H groups in total. The van der Waals surface area contributed by atoms with Crippen LogP contribution in [0.5, 0.6) is 0 Å². The van der Waals surface area contributed by atoms with Crippen LogP contribution in [0, 0.1) is 11.3 Å². The average molecular weight is 304 g/mol. The smallest absolute Gasteiger partial charge is 0.174 e. The van der Waals surface area contributed by atoms with E-state index in [1.807, 2.05) is 6.92 Å². The summed E-state index contributed by atoms with van der Waals surface area (Å²) < 4.78 is 0. The molecule has 1 aromatic heterocycles. The molecule has 0 aliphatic carbocycles. The summed E-state index contributed by atoms with van der Waals surface area (Å²) in [4.78, 5) is 17.3. The van der Waals surface area contributed by atoms with Gasteiger partial charge in [-0.3, -0.25) is 9.69 Å². The molecule has 2 aliphatic heterocycles. The zero-order valence-corrected chi connectivity index (χ0v) is 13.1. The standard InChI is InChI=1S/C15H20N4OS/c1-2-12(20)14-13(17)11(8-16)15(21-14)19-7-6-18-5-3-4-10(18)9-19/h10H,2-7,9,17H2,1H3. The van der Waals surface area contributed by atoms with Gasteiger partial charge in [-0.15, -0.1) is 11.3 Å². The Balaban J connectivity index is 1.91. The number of piperazine rings is 1. The van der Waals surface area contributed by atoms with Gasteiger partial charge < -0.3 is 10.6 Å². The number of anilines is 2. The molecule has 21 heavy (non-hydrogen) atoms. The lowest BCUT2D eigenvalue weighted by Gasteiger charge is -2.38. The molecule has 1 atom stereocenters. The van der Waals surface area contributed by atoms with E-state index in [1.54, 1.807) is 0 Å². The van der Waals surface area contributed by atoms with Crippen molar-refractivity contribution in [1.29, 1.82) is 5.26 Å². The molecular formula is C15H20N4OS. The first-order valence-corrected chi connectivity index (χ1v) is 8.32. The monoisotopic (exact) mass is 304 g/mol. The molecule has 0 bridgehead atoms. The maximum atomic E-state index is 12.0. The van der Waals surface area contributed by atoms with Crippen LogP contribution in [0.25, 0.3) is 0 Å². The van der Waals surface area contributed by atoms with Crippen molar-refractivity contribution < 1.29 is 4.79 Å². The fourth-order valence-corrected chi connectivity index (χ4v) is 4.52. The van der Waals surface area contributed by atoms with Crippen molar-refractivity contribution in [3.63, 3.8) is 0 Å². The van der Waals surface area contributed by atoms with E-state index in [-0.39, 0.29) is 5.78 Å². The van der Waals surface area contributed by atoms with Gasteiger partial charge in [-0.25, -0.2) is 0 Å². The van der Waals surface area contributed by atoms with Gasteiger partial charge in [0.15, 0.2) is 5.78 Å². The highest BCUT2D eigenvalue weighted by atomic mass is 32.1. The summed E-state index contributed by atoms with van der Waals surface area (Å²) in [5.74, 6) is 0.0275. The van der Waals surface area contributed by atoms with Crippen molar-refractivity contribution in [2.24, 2.45) is 0 Å². The first-order valence-electron chi connectivity index (χ1n) is 7.50. The zero-order chi connectivity index (χ0) is 15.0. The molecule has 2 saturated heterocycles. The number of hydrogen-bond donors (Lipinski definition) is 1. The number of nitrogens with zero attached hydrogens (tertiary/aromatic N) is 3. The maximum absolute atomic E-state index is 12.0. The predicted molar refractivity (Wildman–Crippen MR) is 84.9 cm³/mol. The molecule has 0 saturated carbocycles. The van der Waals surface area contributed by atoms with E-state index in [9.17, 15) is 10.1 Å². The number of fused-ring (bicyclic) bond motifs is 1. The lowest BCUT2D eigenvalue weighted by Crippen LogP contribution is -2.50. The summed E-state index contributed by atoms with van der Waals surface area (Å²) in [5.41, 5.74) is 6.90. The molecule has 0 amide bonds. The van der Waals surface area contributed by atoms with Gasteiger partial charge in [-0.2, -0.15) is 5.26 Å². The largest absolute Gasteiger partial charge is 0.396 e. The molecule has 0 spiro atoms. The van der Waals surface area contributed by atoms with E-state index in [1.165, 1.54) is 30.7 Å². The van der Waals surface area contributed by atoms with Crippen molar-refractivity contribution in [3.05, 3.63) is 10.4 Å². The second-order valence-electron chi connectivity index (χ2n) is 5.69. The molecule has 112 valence electrons. The van der Waals surface area contributed by atoms with Gasteiger partial charge in [-0.05, 0) is 19.4 Å². The second-order valence-corrected chi connectivity index (χ2v) is 6.69. The van der Waals surface area contributed by atoms with Crippen LogP contribution >= 0.6 is 11.3 Å². The third kappa shape index (κ3) is 2.41. The number of hydrogen-bond acceptors (Lipinski definition) is 6. The van der Waals surface area contributed by atoms with E-state index >= 15 is 0 Å². The maximum Gasteiger partial charge on any atom is 0.174 e. The number of carbonyl (C=O) groups excluding carboxylic acids is 1. The number of nitrogens with two attached hydrogens (primary N) is 1. The van der Waals surface area contributed by atoms with Gasteiger partial charge in [0, 0.05) is 32.1 Å². The van der Waals surface area contributed by atoms with Crippen LogP contribution in [0.3, 0.4) is 0 Å². The predicted octanol–water partition coefficient (Wildman–Crippen LogP) is 2.08. The van der Waals surface area contributed by atoms with Crippen molar-refractivity contribution in [2.75, 3.05) is 36.8 Å².